The molecule has 0 amide bonds. The molecule has 1 atom stereocenters. The summed E-state index contributed by atoms with van der Waals surface area (Å²) in [5.74, 6) is 0. The van der Waals surface area contributed by atoms with Gasteiger partial charge in [0.25, 0.3) is 0 Å². The van der Waals surface area contributed by atoms with Crippen molar-refractivity contribution in [3.05, 3.63) is 30.1 Å². The van der Waals surface area contributed by atoms with E-state index in [0.29, 0.717) is 0 Å². The Morgan fingerprint density at radius 3 is 2.79 bits per heavy atom. The van der Waals surface area contributed by atoms with Gasteiger partial charge in [-0.25, -0.2) is 0 Å². The van der Waals surface area contributed by atoms with E-state index in [-0.39, 0.29) is 5.41 Å². The summed E-state index contributed by atoms with van der Waals surface area (Å²) in [5, 5.41) is 0. The molecule has 1 aliphatic rings. The molecular formula is C16H26N2O. The standard InChI is InChI=1S/C16H26N2O/c17-11-9-16(15-7-3-5-12-18-15)8-4-1-2-6-13-19-14-10-16/h3,5,7,12H,1-2,4,6,8-11,13-14,17H2/t16-/m1/s1. The summed E-state index contributed by atoms with van der Waals surface area (Å²) in [5.41, 5.74) is 7.19. The van der Waals surface area contributed by atoms with Crippen LogP contribution in [0.1, 0.15) is 50.6 Å². The van der Waals surface area contributed by atoms with Crippen LogP contribution in [0.15, 0.2) is 24.4 Å². The van der Waals surface area contributed by atoms with Gasteiger partial charge in [-0.05, 0) is 44.4 Å². The van der Waals surface area contributed by atoms with E-state index in [4.69, 9.17) is 10.5 Å². The van der Waals surface area contributed by atoms with Crippen molar-refractivity contribution < 1.29 is 4.74 Å². The molecule has 1 aromatic rings. The van der Waals surface area contributed by atoms with Gasteiger partial charge in [0.15, 0.2) is 0 Å². The van der Waals surface area contributed by atoms with Crippen molar-refractivity contribution in [2.24, 2.45) is 5.73 Å². The van der Waals surface area contributed by atoms with Crippen molar-refractivity contribution in [1.29, 1.82) is 0 Å². The number of hydrogen-bond donors (Lipinski definition) is 1. The van der Waals surface area contributed by atoms with E-state index in [1.54, 1.807) is 0 Å². The number of nitrogens with zero attached hydrogens (tertiary/aromatic N) is 1. The zero-order chi connectivity index (χ0) is 13.4. The lowest BCUT2D eigenvalue weighted by Gasteiger charge is -2.34. The SMILES string of the molecule is NCC[C@]1(c2ccccn2)CCCCCCOCC1. The van der Waals surface area contributed by atoms with Crippen molar-refractivity contribution in [1.82, 2.24) is 4.98 Å². The molecule has 0 radical (unpaired) electrons. The van der Waals surface area contributed by atoms with E-state index >= 15 is 0 Å². The molecule has 0 bridgehead atoms. The quantitative estimate of drug-likeness (QED) is 0.911. The van der Waals surface area contributed by atoms with E-state index in [1.165, 1.54) is 37.8 Å². The zero-order valence-corrected chi connectivity index (χ0v) is 11.8. The number of pyridine rings is 1. The minimum absolute atomic E-state index is 0.118. The second kappa shape index (κ2) is 7.61. The second-order valence-corrected chi connectivity index (χ2v) is 5.56. The molecule has 1 saturated heterocycles. The van der Waals surface area contributed by atoms with Gasteiger partial charge >= 0.3 is 0 Å². The topological polar surface area (TPSA) is 48.1 Å². The Morgan fingerprint density at radius 2 is 2.00 bits per heavy atom. The maximum absolute atomic E-state index is 5.87. The van der Waals surface area contributed by atoms with E-state index < -0.39 is 0 Å². The van der Waals surface area contributed by atoms with Gasteiger partial charge in [-0.2, -0.15) is 0 Å². The van der Waals surface area contributed by atoms with Crippen LogP contribution in [-0.2, 0) is 10.2 Å². The minimum atomic E-state index is 0.118. The smallest absolute Gasteiger partial charge is 0.0475 e. The van der Waals surface area contributed by atoms with Crippen molar-refractivity contribution in [3.63, 3.8) is 0 Å². The van der Waals surface area contributed by atoms with Crippen LogP contribution in [0.25, 0.3) is 0 Å². The van der Waals surface area contributed by atoms with Gasteiger partial charge in [0.1, 0.15) is 0 Å². The molecule has 0 spiro atoms. The largest absolute Gasteiger partial charge is 0.381 e. The van der Waals surface area contributed by atoms with Crippen LogP contribution < -0.4 is 5.73 Å². The summed E-state index contributed by atoms with van der Waals surface area (Å²) in [6.45, 7) is 2.45. The minimum Gasteiger partial charge on any atom is -0.381 e. The molecule has 0 unspecified atom stereocenters. The first-order valence-corrected chi connectivity index (χ1v) is 7.57. The molecule has 2 heterocycles. The van der Waals surface area contributed by atoms with E-state index in [2.05, 4.69) is 17.1 Å². The van der Waals surface area contributed by atoms with Crippen LogP contribution in [0, 0.1) is 0 Å². The summed E-state index contributed by atoms with van der Waals surface area (Å²) < 4.78 is 5.76. The summed E-state index contributed by atoms with van der Waals surface area (Å²) in [6.07, 6.45) is 10.2. The highest BCUT2D eigenvalue weighted by molar-refractivity contribution is 5.17. The third-order valence-electron chi connectivity index (χ3n) is 4.25. The fourth-order valence-electron chi connectivity index (χ4n) is 3.10. The Bertz CT molecular complexity index is 343. The van der Waals surface area contributed by atoms with Crippen LogP contribution >= 0.6 is 0 Å². The molecule has 0 saturated carbocycles. The van der Waals surface area contributed by atoms with Crippen molar-refractivity contribution in [2.45, 2.75) is 50.4 Å². The monoisotopic (exact) mass is 262 g/mol. The van der Waals surface area contributed by atoms with Gasteiger partial charge in [0, 0.05) is 30.5 Å². The predicted molar refractivity (Wildman–Crippen MR) is 78.1 cm³/mol. The van der Waals surface area contributed by atoms with Crippen LogP contribution in [0.3, 0.4) is 0 Å². The molecule has 19 heavy (non-hydrogen) atoms. The number of nitrogens with two attached hydrogens (primary N) is 1. The fraction of sp³-hybridized carbons (Fsp3) is 0.688. The Kier molecular flexibility index (Phi) is 5.80. The summed E-state index contributed by atoms with van der Waals surface area (Å²) in [4.78, 5) is 4.61. The molecule has 3 nitrogen and oxygen atoms in total. The van der Waals surface area contributed by atoms with Crippen molar-refractivity contribution in [2.75, 3.05) is 19.8 Å². The normalized spacial score (nSPS) is 25.9. The third-order valence-corrected chi connectivity index (χ3v) is 4.25. The Hall–Kier alpha value is -0.930. The molecule has 0 aromatic carbocycles. The van der Waals surface area contributed by atoms with Gasteiger partial charge in [-0.15, -0.1) is 0 Å². The van der Waals surface area contributed by atoms with Gasteiger partial charge in [0.05, 0.1) is 0 Å². The molecule has 1 aromatic heterocycles. The first kappa shape index (κ1) is 14.5. The lowest BCUT2D eigenvalue weighted by molar-refractivity contribution is 0.0990. The number of ether oxygens (including phenoxy) is 1. The lowest BCUT2D eigenvalue weighted by Crippen LogP contribution is -2.32. The summed E-state index contributed by atoms with van der Waals surface area (Å²) >= 11 is 0. The first-order chi connectivity index (χ1) is 9.37. The van der Waals surface area contributed by atoms with Gasteiger partial charge < -0.3 is 10.5 Å². The van der Waals surface area contributed by atoms with E-state index in [1.807, 2.05) is 12.3 Å². The first-order valence-electron chi connectivity index (χ1n) is 7.57. The Balaban J connectivity index is 2.18. The maximum atomic E-state index is 5.87. The molecule has 0 aliphatic carbocycles. The highest BCUT2D eigenvalue weighted by Crippen LogP contribution is 2.36. The Labute approximate surface area is 116 Å². The molecule has 1 fully saturated rings. The van der Waals surface area contributed by atoms with Crippen LogP contribution in [0.5, 0.6) is 0 Å². The fourth-order valence-corrected chi connectivity index (χ4v) is 3.10. The summed E-state index contributed by atoms with van der Waals surface area (Å²) in [6, 6.07) is 6.22. The average Bonchev–Trinajstić information content (AvgIpc) is 2.47. The second-order valence-electron chi connectivity index (χ2n) is 5.56. The van der Waals surface area contributed by atoms with Crippen LogP contribution in [-0.4, -0.2) is 24.7 Å². The zero-order valence-electron chi connectivity index (χ0n) is 11.8. The lowest BCUT2D eigenvalue weighted by atomic mass is 9.73. The third kappa shape index (κ3) is 4.02. The molecule has 3 heteroatoms. The summed E-state index contributed by atoms with van der Waals surface area (Å²) in [7, 11) is 0. The van der Waals surface area contributed by atoms with E-state index in [0.717, 1.165) is 32.6 Å². The highest BCUT2D eigenvalue weighted by Gasteiger charge is 2.32. The molecular weight excluding hydrogens is 236 g/mol. The number of rotatable bonds is 3. The van der Waals surface area contributed by atoms with Gasteiger partial charge in [-0.1, -0.05) is 25.3 Å². The van der Waals surface area contributed by atoms with Crippen molar-refractivity contribution >= 4 is 0 Å². The molecule has 1 aliphatic heterocycles. The van der Waals surface area contributed by atoms with Gasteiger partial charge in [0.2, 0.25) is 0 Å². The number of hydrogen-bond acceptors (Lipinski definition) is 3. The van der Waals surface area contributed by atoms with Crippen molar-refractivity contribution in [3.8, 4) is 0 Å². The van der Waals surface area contributed by atoms with Crippen LogP contribution in [0.2, 0.25) is 0 Å². The molecule has 106 valence electrons. The van der Waals surface area contributed by atoms with Crippen LogP contribution in [0.4, 0.5) is 0 Å². The molecule has 2 rings (SSSR count). The van der Waals surface area contributed by atoms with Gasteiger partial charge in [-0.3, -0.25) is 4.98 Å². The van der Waals surface area contributed by atoms with E-state index in [9.17, 15) is 0 Å². The average molecular weight is 262 g/mol. The number of aromatic nitrogens is 1. The predicted octanol–water partition coefficient (Wildman–Crippen LogP) is 3.04. The Morgan fingerprint density at radius 1 is 1.11 bits per heavy atom. The maximum Gasteiger partial charge on any atom is 0.0475 e. The highest BCUT2D eigenvalue weighted by atomic mass is 16.5. The molecule has 2 N–H and O–H groups in total.